The van der Waals surface area contributed by atoms with E-state index in [9.17, 15) is 4.79 Å². The van der Waals surface area contributed by atoms with Gasteiger partial charge in [0.1, 0.15) is 0 Å². The number of hydrogen-bond acceptors (Lipinski definition) is 5. The minimum atomic E-state index is -0.965. The SMILES string of the molecule is C[C@@H]1CC[C@H]2CCO[C@@H]3O[C@@]4(CCC(=O)O)CC[C@@H]1[C@]23OO4. The lowest BCUT2D eigenvalue weighted by Gasteiger charge is -2.57. The van der Waals surface area contributed by atoms with Crippen molar-refractivity contribution in [3.8, 4) is 0 Å². The van der Waals surface area contributed by atoms with E-state index in [1.807, 2.05) is 0 Å². The molecule has 4 saturated heterocycles. The number of carboxylic acids is 1. The van der Waals surface area contributed by atoms with Crippen LogP contribution in [0.5, 0.6) is 0 Å². The summed E-state index contributed by atoms with van der Waals surface area (Å²) in [6, 6.07) is 0. The molecule has 0 radical (unpaired) electrons. The third-order valence-corrected chi connectivity index (χ3v) is 6.19. The van der Waals surface area contributed by atoms with Gasteiger partial charge >= 0.3 is 5.97 Å². The van der Waals surface area contributed by atoms with Crippen LogP contribution >= 0.6 is 0 Å². The fraction of sp³-hybridized carbons (Fsp3) is 0.938. The lowest BCUT2D eigenvalue weighted by Crippen LogP contribution is -2.67. The van der Waals surface area contributed by atoms with E-state index in [1.54, 1.807) is 0 Å². The summed E-state index contributed by atoms with van der Waals surface area (Å²) in [4.78, 5) is 22.7. The molecule has 1 aliphatic carbocycles. The smallest absolute Gasteiger partial charge is 0.303 e. The number of ether oxygens (including phenoxy) is 2. The van der Waals surface area contributed by atoms with Gasteiger partial charge in [-0.25, -0.2) is 9.78 Å². The monoisotopic (exact) mass is 312 g/mol. The number of fused-ring (bicyclic) bond motifs is 2. The summed E-state index contributed by atoms with van der Waals surface area (Å²) in [6.07, 6.45) is 4.79. The summed E-state index contributed by atoms with van der Waals surface area (Å²) in [6.45, 7) is 2.95. The second-order valence-electron chi connectivity index (χ2n) is 7.33. The van der Waals surface area contributed by atoms with E-state index >= 15 is 0 Å². The molecule has 0 amide bonds. The van der Waals surface area contributed by atoms with E-state index in [-0.39, 0.29) is 6.42 Å². The highest BCUT2D eigenvalue weighted by Gasteiger charge is 2.67. The molecular weight excluding hydrogens is 288 g/mol. The van der Waals surface area contributed by atoms with Crippen molar-refractivity contribution in [1.29, 1.82) is 0 Å². The van der Waals surface area contributed by atoms with Crippen LogP contribution in [0, 0.1) is 17.8 Å². The van der Waals surface area contributed by atoms with Crippen LogP contribution in [0.15, 0.2) is 0 Å². The van der Waals surface area contributed by atoms with Crippen molar-refractivity contribution >= 4 is 5.97 Å². The van der Waals surface area contributed by atoms with Gasteiger partial charge in [-0.05, 0) is 43.4 Å². The molecule has 0 aromatic carbocycles. The molecule has 124 valence electrons. The molecule has 0 aromatic rings. The molecule has 4 aliphatic heterocycles. The van der Waals surface area contributed by atoms with Crippen LogP contribution in [0.2, 0.25) is 0 Å². The standard InChI is InChI=1S/C16H24O6/c1-10-2-3-11-6-9-19-14-16(11)12(10)4-7-15(20-14,21-22-16)8-5-13(17)18/h10-12,14H,2-9H2,1H3,(H,17,18)/t10-,11+,12+,14-,15+,16-/m1/s1. The summed E-state index contributed by atoms with van der Waals surface area (Å²) >= 11 is 0. The van der Waals surface area contributed by atoms with Crippen LogP contribution in [-0.4, -0.2) is 35.4 Å². The van der Waals surface area contributed by atoms with Gasteiger partial charge in [0.2, 0.25) is 5.79 Å². The normalized spacial score (nSPS) is 50.2. The molecule has 22 heavy (non-hydrogen) atoms. The third-order valence-electron chi connectivity index (χ3n) is 6.19. The second kappa shape index (κ2) is 5.16. The Labute approximate surface area is 130 Å². The largest absolute Gasteiger partial charge is 0.481 e. The Morgan fingerprint density at radius 3 is 2.91 bits per heavy atom. The highest BCUT2D eigenvalue weighted by molar-refractivity contribution is 5.66. The van der Waals surface area contributed by atoms with Crippen molar-refractivity contribution in [3.63, 3.8) is 0 Å². The van der Waals surface area contributed by atoms with E-state index < -0.39 is 23.6 Å². The quantitative estimate of drug-likeness (QED) is 0.807. The molecule has 4 heterocycles. The average molecular weight is 312 g/mol. The maximum atomic E-state index is 10.9. The Balaban J connectivity index is 1.66. The van der Waals surface area contributed by atoms with Gasteiger partial charge in [0.15, 0.2) is 11.9 Å². The van der Waals surface area contributed by atoms with Gasteiger partial charge in [0, 0.05) is 12.8 Å². The van der Waals surface area contributed by atoms with Crippen molar-refractivity contribution in [3.05, 3.63) is 0 Å². The molecule has 1 N–H and O–H groups in total. The van der Waals surface area contributed by atoms with Crippen molar-refractivity contribution in [2.45, 2.75) is 69.5 Å². The van der Waals surface area contributed by atoms with Gasteiger partial charge in [-0.1, -0.05) is 6.92 Å². The van der Waals surface area contributed by atoms with Gasteiger partial charge in [-0.3, -0.25) is 4.79 Å². The Morgan fingerprint density at radius 2 is 2.09 bits per heavy atom. The minimum Gasteiger partial charge on any atom is -0.481 e. The van der Waals surface area contributed by atoms with Gasteiger partial charge in [0.05, 0.1) is 13.0 Å². The van der Waals surface area contributed by atoms with Gasteiger partial charge < -0.3 is 14.6 Å². The van der Waals surface area contributed by atoms with Crippen molar-refractivity contribution < 1.29 is 29.1 Å². The molecule has 2 bridgehead atoms. The minimum absolute atomic E-state index is 0.00668. The lowest BCUT2D eigenvalue weighted by molar-refractivity contribution is -0.568. The van der Waals surface area contributed by atoms with E-state index in [0.717, 1.165) is 19.3 Å². The molecule has 0 unspecified atom stereocenters. The van der Waals surface area contributed by atoms with Crippen LogP contribution in [0.3, 0.4) is 0 Å². The molecular formula is C16H24O6. The first kappa shape index (κ1) is 14.9. The van der Waals surface area contributed by atoms with E-state index in [2.05, 4.69) is 6.92 Å². The van der Waals surface area contributed by atoms with E-state index in [1.165, 1.54) is 6.42 Å². The molecule has 5 aliphatic rings. The Morgan fingerprint density at radius 1 is 1.23 bits per heavy atom. The first-order chi connectivity index (χ1) is 10.6. The fourth-order valence-electron chi connectivity index (χ4n) is 4.99. The van der Waals surface area contributed by atoms with Crippen LogP contribution in [0.25, 0.3) is 0 Å². The third kappa shape index (κ3) is 2.04. The van der Waals surface area contributed by atoms with Crippen LogP contribution in [-0.2, 0) is 24.0 Å². The molecule has 6 atom stereocenters. The van der Waals surface area contributed by atoms with E-state index in [4.69, 9.17) is 24.4 Å². The van der Waals surface area contributed by atoms with Gasteiger partial charge in [-0.15, -0.1) is 0 Å². The van der Waals surface area contributed by atoms with E-state index in [0.29, 0.717) is 37.2 Å². The molecule has 5 rings (SSSR count). The molecule has 5 fully saturated rings. The van der Waals surface area contributed by atoms with Gasteiger partial charge in [-0.2, -0.15) is 0 Å². The van der Waals surface area contributed by atoms with Crippen LogP contribution in [0.1, 0.15) is 51.9 Å². The Hall–Kier alpha value is -0.690. The molecule has 1 spiro atoms. The zero-order valence-electron chi connectivity index (χ0n) is 13.0. The Kier molecular flexibility index (Phi) is 3.49. The number of aliphatic carboxylic acids is 1. The number of carbonyl (C=O) groups is 1. The lowest BCUT2D eigenvalue weighted by atomic mass is 9.61. The molecule has 6 heteroatoms. The predicted octanol–water partition coefficient (Wildman–Crippen LogP) is 2.47. The first-order valence-corrected chi connectivity index (χ1v) is 8.44. The highest BCUT2D eigenvalue weighted by atomic mass is 17.3. The fourth-order valence-corrected chi connectivity index (χ4v) is 4.99. The predicted molar refractivity (Wildman–Crippen MR) is 74.6 cm³/mol. The molecule has 6 nitrogen and oxygen atoms in total. The van der Waals surface area contributed by atoms with Crippen molar-refractivity contribution in [2.75, 3.05) is 6.61 Å². The summed E-state index contributed by atoms with van der Waals surface area (Å²) in [5, 5.41) is 8.98. The van der Waals surface area contributed by atoms with Crippen molar-refractivity contribution in [1.82, 2.24) is 0 Å². The summed E-state index contributed by atoms with van der Waals surface area (Å²) in [5.74, 6) is -0.512. The Bertz CT molecular complexity index is 464. The summed E-state index contributed by atoms with van der Waals surface area (Å²) in [7, 11) is 0. The zero-order valence-corrected chi connectivity index (χ0v) is 13.0. The first-order valence-electron chi connectivity index (χ1n) is 8.44. The number of carboxylic acid groups (broad SMARTS) is 1. The number of rotatable bonds is 3. The molecule has 0 aromatic heterocycles. The number of hydrogen-bond donors (Lipinski definition) is 1. The van der Waals surface area contributed by atoms with Gasteiger partial charge in [0.25, 0.3) is 0 Å². The highest BCUT2D eigenvalue weighted by Crippen LogP contribution is 2.59. The average Bonchev–Trinajstić information content (AvgIpc) is 2.76. The van der Waals surface area contributed by atoms with Crippen LogP contribution < -0.4 is 0 Å². The molecule has 1 saturated carbocycles. The summed E-state index contributed by atoms with van der Waals surface area (Å²) in [5.41, 5.74) is -0.501. The van der Waals surface area contributed by atoms with Crippen molar-refractivity contribution in [2.24, 2.45) is 17.8 Å². The maximum Gasteiger partial charge on any atom is 0.303 e. The summed E-state index contributed by atoms with van der Waals surface area (Å²) < 4.78 is 12.1. The topological polar surface area (TPSA) is 74.2 Å². The maximum absolute atomic E-state index is 10.9. The zero-order chi connectivity index (χ0) is 15.4. The van der Waals surface area contributed by atoms with Crippen LogP contribution in [0.4, 0.5) is 0 Å². The second-order valence-corrected chi connectivity index (χ2v) is 7.33.